The van der Waals surface area contributed by atoms with Crippen molar-refractivity contribution >= 4 is 22.2 Å². The van der Waals surface area contributed by atoms with Gasteiger partial charge in [-0.15, -0.1) is 0 Å². The van der Waals surface area contributed by atoms with Crippen molar-refractivity contribution in [3.8, 4) is 5.75 Å². The number of benzene rings is 1. The number of unbranched alkanes of at least 4 members (excludes halogenated alkanes) is 1. The summed E-state index contributed by atoms with van der Waals surface area (Å²) in [5.41, 5.74) is 1.55. The zero-order chi connectivity index (χ0) is 12.7. The molecule has 3 nitrogen and oxygen atoms in total. The highest BCUT2D eigenvalue weighted by molar-refractivity contribution is 9.10. The SMILES string of the molecule is COCCCCOc1c(C)cc(Br)cc1C=O. The molecule has 0 unspecified atom stereocenters. The minimum atomic E-state index is 0.587. The van der Waals surface area contributed by atoms with Crippen LogP contribution in [0.5, 0.6) is 5.75 Å². The maximum atomic E-state index is 10.9. The second kappa shape index (κ2) is 7.45. The lowest BCUT2D eigenvalue weighted by Crippen LogP contribution is -2.03. The van der Waals surface area contributed by atoms with Crippen LogP contribution in [0.4, 0.5) is 0 Å². The molecule has 0 aliphatic heterocycles. The van der Waals surface area contributed by atoms with Gasteiger partial charge < -0.3 is 9.47 Å². The Labute approximate surface area is 110 Å². The van der Waals surface area contributed by atoms with Gasteiger partial charge in [0, 0.05) is 18.2 Å². The molecule has 0 amide bonds. The van der Waals surface area contributed by atoms with Crippen LogP contribution < -0.4 is 4.74 Å². The van der Waals surface area contributed by atoms with Crippen LogP contribution >= 0.6 is 15.9 Å². The Balaban J connectivity index is 2.60. The number of ether oxygens (including phenoxy) is 2. The van der Waals surface area contributed by atoms with Crippen LogP contribution in [0.15, 0.2) is 16.6 Å². The van der Waals surface area contributed by atoms with Gasteiger partial charge >= 0.3 is 0 Å². The molecule has 94 valence electrons. The van der Waals surface area contributed by atoms with E-state index in [0.717, 1.165) is 35.8 Å². The molecular weight excluding hydrogens is 284 g/mol. The third kappa shape index (κ3) is 4.48. The summed E-state index contributed by atoms with van der Waals surface area (Å²) in [5.74, 6) is 0.681. The number of methoxy groups -OCH3 is 1. The molecule has 1 aromatic rings. The van der Waals surface area contributed by atoms with E-state index in [4.69, 9.17) is 9.47 Å². The number of hydrogen-bond donors (Lipinski definition) is 0. The summed E-state index contributed by atoms with van der Waals surface area (Å²) in [5, 5.41) is 0. The number of aldehydes is 1. The van der Waals surface area contributed by atoms with Crippen molar-refractivity contribution in [1.29, 1.82) is 0 Å². The van der Waals surface area contributed by atoms with E-state index in [1.54, 1.807) is 13.2 Å². The van der Waals surface area contributed by atoms with E-state index in [0.29, 0.717) is 17.9 Å². The van der Waals surface area contributed by atoms with Crippen LogP contribution in [0.2, 0.25) is 0 Å². The van der Waals surface area contributed by atoms with Crippen molar-refractivity contribution in [2.45, 2.75) is 19.8 Å². The third-order valence-electron chi connectivity index (χ3n) is 2.38. The van der Waals surface area contributed by atoms with Crippen LogP contribution in [0.1, 0.15) is 28.8 Å². The molecule has 0 radical (unpaired) electrons. The molecule has 0 N–H and O–H groups in total. The summed E-state index contributed by atoms with van der Waals surface area (Å²) in [4.78, 5) is 10.9. The molecule has 0 aliphatic rings. The Kier molecular flexibility index (Phi) is 6.22. The molecule has 0 aliphatic carbocycles. The molecule has 0 saturated heterocycles. The highest BCUT2D eigenvalue weighted by Gasteiger charge is 2.08. The Morgan fingerprint density at radius 3 is 2.65 bits per heavy atom. The standard InChI is InChI=1S/C13H17BrO3/c1-10-7-12(14)8-11(9-15)13(10)17-6-4-3-5-16-2/h7-9H,3-6H2,1-2H3. The topological polar surface area (TPSA) is 35.5 Å². The van der Waals surface area contributed by atoms with Gasteiger partial charge in [-0.05, 0) is 37.5 Å². The molecule has 0 atom stereocenters. The first-order valence-corrected chi connectivity index (χ1v) is 6.35. The van der Waals surface area contributed by atoms with Crippen LogP contribution in [0, 0.1) is 6.92 Å². The summed E-state index contributed by atoms with van der Waals surface area (Å²) < 4.78 is 11.5. The molecule has 0 fully saturated rings. The molecule has 0 saturated carbocycles. The van der Waals surface area contributed by atoms with Crippen molar-refractivity contribution < 1.29 is 14.3 Å². The molecule has 0 spiro atoms. The van der Waals surface area contributed by atoms with Gasteiger partial charge in [0.1, 0.15) is 5.75 Å². The minimum absolute atomic E-state index is 0.587. The fourth-order valence-electron chi connectivity index (χ4n) is 1.56. The van der Waals surface area contributed by atoms with Gasteiger partial charge in [-0.3, -0.25) is 4.79 Å². The van der Waals surface area contributed by atoms with Gasteiger partial charge in [-0.25, -0.2) is 0 Å². The van der Waals surface area contributed by atoms with Gasteiger partial charge in [0.15, 0.2) is 6.29 Å². The first kappa shape index (κ1) is 14.2. The fraction of sp³-hybridized carbons (Fsp3) is 0.462. The van der Waals surface area contributed by atoms with Crippen molar-refractivity contribution in [2.75, 3.05) is 20.3 Å². The molecular formula is C13H17BrO3. The first-order valence-electron chi connectivity index (χ1n) is 5.56. The van der Waals surface area contributed by atoms with Crippen molar-refractivity contribution in [2.24, 2.45) is 0 Å². The van der Waals surface area contributed by atoms with Gasteiger partial charge in [-0.1, -0.05) is 15.9 Å². The lowest BCUT2D eigenvalue weighted by molar-refractivity contribution is 0.111. The van der Waals surface area contributed by atoms with Crippen molar-refractivity contribution in [3.63, 3.8) is 0 Å². The zero-order valence-electron chi connectivity index (χ0n) is 10.2. The summed E-state index contributed by atoms with van der Waals surface area (Å²) in [6.07, 6.45) is 2.70. The first-order chi connectivity index (χ1) is 8.19. The number of halogens is 1. The van der Waals surface area contributed by atoms with Gasteiger partial charge in [0.05, 0.1) is 12.2 Å². The maximum absolute atomic E-state index is 10.9. The number of hydrogen-bond acceptors (Lipinski definition) is 3. The maximum Gasteiger partial charge on any atom is 0.153 e. The minimum Gasteiger partial charge on any atom is -0.493 e. The van der Waals surface area contributed by atoms with Gasteiger partial charge in [-0.2, -0.15) is 0 Å². The number of carbonyl (C=O) groups is 1. The molecule has 17 heavy (non-hydrogen) atoms. The van der Waals surface area contributed by atoms with E-state index in [1.165, 1.54) is 0 Å². The Morgan fingerprint density at radius 2 is 2.00 bits per heavy atom. The molecule has 4 heteroatoms. The Bertz CT molecular complexity index is 377. The fourth-order valence-corrected chi connectivity index (χ4v) is 2.15. The number of carbonyl (C=O) groups excluding carboxylic acids is 1. The van der Waals surface area contributed by atoms with Gasteiger partial charge in [0.2, 0.25) is 0 Å². The Hall–Kier alpha value is -0.870. The van der Waals surface area contributed by atoms with Crippen LogP contribution in [0.25, 0.3) is 0 Å². The molecule has 0 aromatic heterocycles. The van der Waals surface area contributed by atoms with E-state index in [9.17, 15) is 4.79 Å². The largest absolute Gasteiger partial charge is 0.493 e. The molecule has 0 bridgehead atoms. The summed E-state index contributed by atoms with van der Waals surface area (Å²) >= 11 is 3.36. The summed E-state index contributed by atoms with van der Waals surface area (Å²) in [6.45, 7) is 3.28. The second-order valence-corrected chi connectivity index (χ2v) is 4.72. The predicted molar refractivity (Wildman–Crippen MR) is 70.9 cm³/mol. The molecule has 0 heterocycles. The average molecular weight is 301 g/mol. The zero-order valence-corrected chi connectivity index (χ0v) is 11.7. The average Bonchev–Trinajstić information content (AvgIpc) is 2.30. The van der Waals surface area contributed by atoms with E-state index in [1.807, 2.05) is 13.0 Å². The monoisotopic (exact) mass is 300 g/mol. The predicted octanol–water partition coefficient (Wildman–Crippen LogP) is 3.38. The highest BCUT2D eigenvalue weighted by atomic mass is 79.9. The second-order valence-electron chi connectivity index (χ2n) is 3.81. The summed E-state index contributed by atoms with van der Waals surface area (Å²) in [7, 11) is 1.68. The van der Waals surface area contributed by atoms with Gasteiger partial charge in [0.25, 0.3) is 0 Å². The quantitative estimate of drug-likeness (QED) is 0.572. The molecule has 1 rings (SSSR count). The van der Waals surface area contributed by atoms with E-state index in [2.05, 4.69) is 15.9 Å². The van der Waals surface area contributed by atoms with E-state index < -0.39 is 0 Å². The lowest BCUT2D eigenvalue weighted by atomic mass is 10.1. The highest BCUT2D eigenvalue weighted by Crippen LogP contribution is 2.27. The lowest BCUT2D eigenvalue weighted by Gasteiger charge is -2.11. The third-order valence-corrected chi connectivity index (χ3v) is 2.84. The van der Waals surface area contributed by atoms with E-state index in [-0.39, 0.29) is 0 Å². The van der Waals surface area contributed by atoms with Crippen LogP contribution in [0.3, 0.4) is 0 Å². The van der Waals surface area contributed by atoms with Crippen LogP contribution in [-0.2, 0) is 4.74 Å². The normalized spacial score (nSPS) is 10.3. The smallest absolute Gasteiger partial charge is 0.153 e. The molecule has 1 aromatic carbocycles. The van der Waals surface area contributed by atoms with Crippen LogP contribution in [-0.4, -0.2) is 26.6 Å². The number of rotatable bonds is 7. The van der Waals surface area contributed by atoms with E-state index >= 15 is 0 Å². The Morgan fingerprint density at radius 1 is 1.29 bits per heavy atom. The van der Waals surface area contributed by atoms with Crippen molar-refractivity contribution in [3.05, 3.63) is 27.7 Å². The van der Waals surface area contributed by atoms with Crippen molar-refractivity contribution in [1.82, 2.24) is 0 Å². The summed E-state index contributed by atoms with van der Waals surface area (Å²) in [6, 6.07) is 3.71. The number of aryl methyl sites for hydroxylation is 1.